The lowest BCUT2D eigenvalue weighted by atomic mass is 10.1. The van der Waals surface area contributed by atoms with E-state index in [1.165, 1.54) is 48.4 Å². The largest absolute Gasteiger partial charge is 0.495 e. The van der Waals surface area contributed by atoms with Crippen LogP contribution < -0.4 is 14.4 Å². The lowest BCUT2D eigenvalue weighted by Crippen LogP contribution is -2.51. The third kappa shape index (κ3) is 8.07. The fraction of sp³-hybridized carbons (Fsp3) is 0.355. The van der Waals surface area contributed by atoms with Gasteiger partial charge in [-0.25, -0.2) is 12.8 Å². The molecule has 0 bridgehead atoms. The molecule has 0 fully saturated rings. The van der Waals surface area contributed by atoms with E-state index in [0.717, 1.165) is 28.3 Å². The van der Waals surface area contributed by atoms with Gasteiger partial charge in [-0.3, -0.25) is 13.9 Å². The molecule has 0 heterocycles. The topological polar surface area (TPSA) is 96.0 Å². The Labute approximate surface area is 242 Å². The Hall–Kier alpha value is -3.92. The van der Waals surface area contributed by atoms with Crippen LogP contribution in [0, 0.1) is 19.7 Å². The summed E-state index contributed by atoms with van der Waals surface area (Å²) in [5.74, 6) is -1.13. The molecule has 0 unspecified atom stereocenters. The number of unbranched alkanes of at least 4 members (excludes halogenated alkanes) is 1. The van der Waals surface area contributed by atoms with E-state index in [9.17, 15) is 22.4 Å². The maximum Gasteiger partial charge on any atom is 0.264 e. The van der Waals surface area contributed by atoms with Crippen molar-refractivity contribution in [2.75, 3.05) is 24.5 Å². The SMILES string of the molecule is CCCCNC(=O)[C@@H](C)N(Cc1ccc(F)cc1)C(=O)CN(c1cc(C)ccc1OC)S(=O)(=O)c1ccc(C)cc1. The van der Waals surface area contributed by atoms with Crippen LogP contribution >= 0.6 is 0 Å². The number of anilines is 1. The highest BCUT2D eigenvalue weighted by molar-refractivity contribution is 7.92. The number of hydrogen-bond acceptors (Lipinski definition) is 5. The molecule has 0 saturated carbocycles. The van der Waals surface area contributed by atoms with Crippen LogP contribution in [0.15, 0.2) is 71.6 Å². The van der Waals surface area contributed by atoms with Gasteiger partial charge < -0.3 is 15.0 Å². The molecule has 3 aromatic rings. The normalized spacial score (nSPS) is 12.0. The van der Waals surface area contributed by atoms with Gasteiger partial charge in [0.2, 0.25) is 11.8 Å². The summed E-state index contributed by atoms with van der Waals surface area (Å²) in [6.07, 6.45) is 1.66. The third-order valence-corrected chi connectivity index (χ3v) is 8.53. The lowest BCUT2D eigenvalue weighted by Gasteiger charge is -2.32. The Balaban J connectivity index is 2.06. The van der Waals surface area contributed by atoms with Gasteiger partial charge in [0.05, 0.1) is 17.7 Å². The van der Waals surface area contributed by atoms with Crippen molar-refractivity contribution in [3.05, 3.63) is 89.2 Å². The molecule has 2 amide bonds. The number of amides is 2. The van der Waals surface area contributed by atoms with Crippen LogP contribution in [0.5, 0.6) is 5.75 Å². The Morgan fingerprint density at radius 1 is 0.976 bits per heavy atom. The lowest BCUT2D eigenvalue weighted by molar-refractivity contribution is -0.139. The average molecular weight is 584 g/mol. The summed E-state index contributed by atoms with van der Waals surface area (Å²) in [5, 5.41) is 2.84. The molecule has 0 aliphatic heterocycles. The van der Waals surface area contributed by atoms with E-state index >= 15 is 0 Å². The Bertz CT molecular complexity index is 1440. The molecule has 3 rings (SSSR count). The minimum atomic E-state index is -4.24. The molecule has 8 nitrogen and oxygen atoms in total. The zero-order valence-corrected chi connectivity index (χ0v) is 25.0. The summed E-state index contributed by atoms with van der Waals surface area (Å²) < 4.78 is 48.2. The number of hydrogen-bond donors (Lipinski definition) is 1. The minimum Gasteiger partial charge on any atom is -0.495 e. The van der Waals surface area contributed by atoms with Crippen molar-refractivity contribution in [2.24, 2.45) is 0 Å². The van der Waals surface area contributed by atoms with Crippen LogP contribution in [0.3, 0.4) is 0 Å². The number of ether oxygens (including phenoxy) is 1. The highest BCUT2D eigenvalue weighted by Gasteiger charge is 2.33. The molecule has 0 aromatic heterocycles. The molecule has 1 atom stereocenters. The van der Waals surface area contributed by atoms with Crippen LogP contribution in [0.2, 0.25) is 0 Å². The molecule has 1 N–H and O–H groups in total. The predicted molar refractivity (Wildman–Crippen MR) is 158 cm³/mol. The molecule has 0 spiro atoms. The zero-order chi connectivity index (χ0) is 30.2. The molecule has 0 aliphatic rings. The van der Waals surface area contributed by atoms with Crippen molar-refractivity contribution in [1.82, 2.24) is 10.2 Å². The maximum atomic E-state index is 14.0. The third-order valence-electron chi connectivity index (χ3n) is 6.75. The molecule has 41 heavy (non-hydrogen) atoms. The van der Waals surface area contributed by atoms with E-state index in [1.807, 2.05) is 20.8 Å². The summed E-state index contributed by atoms with van der Waals surface area (Å²) >= 11 is 0. The van der Waals surface area contributed by atoms with Gasteiger partial charge in [0.15, 0.2) is 0 Å². The standard InChI is InChI=1S/C31H38FN3O5S/c1-6-7-18-33-31(37)24(4)34(20-25-11-13-26(32)14-12-25)30(36)21-35(28-19-23(3)10-17-29(28)40-5)41(38,39)27-15-8-22(2)9-16-27/h8-17,19,24H,6-7,18,20-21H2,1-5H3,(H,33,37)/t24-/m1/s1. The van der Waals surface area contributed by atoms with Gasteiger partial charge in [-0.1, -0.05) is 49.2 Å². The molecule has 3 aromatic carbocycles. The second kappa shape index (κ2) is 14.1. The van der Waals surface area contributed by atoms with E-state index < -0.39 is 34.3 Å². The summed E-state index contributed by atoms with van der Waals surface area (Å²) in [6.45, 7) is 7.09. The van der Waals surface area contributed by atoms with Gasteiger partial charge >= 0.3 is 0 Å². The van der Waals surface area contributed by atoms with Crippen molar-refractivity contribution in [2.45, 2.75) is 58.0 Å². The van der Waals surface area contributed by atoms with Gasteiger partial charge in [-0.05, 0) is 74.7 Å². The molecular formula is C31H38FN3O5S. The van der Waals surface area contributed by atoms with Crippen LogP contribution in [0.25, 0.3) is 0 Å². The summed E-state index contributed by atoms with van der Waals surface area (Å²) in [5.41, 5.74) is 2.44. The molecule has 220 valence electrons. The van der Waals surface area contributed by atoms with Gasteiger partial charge in [-0.15, -0.1) is 0 Å². The number of rotatable bonds is 13. The van der Waals surface area contributed by atoms with Crippen LogP contribution in [-0.4, -0.2) is 51.4 Å². The van der Waals surface area contributed by atoms with E-state index in [1.54, 1.807) is 37.3 Å². The molecule has 0 saturated heterocycles. The number of aryl methyl sites for hydroxylation is 2. The Kier molecular flexibility index (Phi) is 10.9. The number of nitrogens with one attached hydrogen (secondary N) is 1. The van der Waals surface area contributed by atoms with Crippen LogP contribution in [-0.2, 0) is 26.2 Å². The van der Waals surface area contributed by atoms with Crippen LogP contribution in [0.1, 0.15) is 43.4 Å². The van der Waals surface area contributed by atoms with Crippen LogP contribution in [0.4, 0.5) is 10.1 Å². The van der Waals surface area contributed by atoms with Gasteiger partial charge in [0.1, 0.15) is 24.2 Å². The first-order chi connectivity index (χ1) is 19.5. The molecule has 0 aliphatic carbocycles. The number of methoxy groups -OCH3 is 1. The van der Waals surface area contributed by atoms with E-state index in [0.29, 0.717) is 12.1 Å². The predicted octanol–water partition coefficient (Wildman–Crippen LogP) is 4.98. The first kappa shape index (κ1) is 31.6. The number of nitrogens with zero attached hydrogens (tertiary/aromatic N) is 2. The van der Waals surface area contributed by atoms with E-state index in [4.69, 9.17) is 4.74 Å². The molecule has 10 heteroatoms. The summed E-state index contributed by atoms with van der Waals surface area (Å²) in [4.78, 5) is 28.4. The Morgan fingerprint density at radius 2 is 1.61 bits per heavy atom. The first-order valence-electron chi connectivity index (χ1n) is 13.5. The monoisotopic (exact) mass is 583 g/mol. The van der Waals surface area contributed by atoms with Gasteiger partial charge in [0, 0.05) is 13.1 Å². The fourth-order valence-corrected chi connectivity index (χ4v) is 5.67. The van der Waals surface area contributed by atoms with Crippen molar-refractivity contribution < 1.29 is 27.1 Å². The second-order valence-corrected chi connectivity index (χ2v) is 11.8. The molecule has 0 radical (unpaired) electrons. The van der Waals surface area contributed by atoms with Crippen molar-refractivity contribution in [3.8, 4) is 5.75 Å². The number of halogens is 1. The smallest absolute Gasteiger partial charge is 0.264 e. The van der Waals surface area contributed by atoms with Gasteiger partial charge in [0.25, 0.3) is 10.0 Å². The fourth-order valence-electron chi connectivity index (χ4n) is 4.25. The quantitative estimate of drug-likeness (QED) is 0.287. The average Bonchev–Trinajstić information content (AvgIpc) is 2.95. The maximum absolute atomic E-state index is 14.0. The summed E-state index contributed by atoms with van der Waals surface area (Å²) in [6, 6.07) is 16.1. The van der Waals surface area contributed by atoms with Gasteiger partial charge in [-0.2, -0.15) is 0 Å². The van der Waals surface area contributed by atoms with E-state index in [-0.39, 0.29) is 28.8 Å². The minimum absolute atomic E-state index is 0.00917. The second-order valence-electron chi connectivity index (χ2n) is 9.97. The van der Waals surface area contributed by atoms with Crippen molar-refractivity contribution in [3.63, 3.8) is 0 Å². The van der Waals surface area contributed by atoms with Crippen molar-refractivity contribution in [1.29, 1.82) is 0 Å². The highest BCUT2D eigenvalue weighted by atomic mass is 32.2. The number of benzene rings is 3. The molecular weight excluding hydrogens is 545 g/mol. The highest BCUT2D eigenvalue weighted by Crippen LogP contribution is 2.34. The van der Waals surface area contributed by atoms with Crippen molar-refractivity contribution >= 4 is 27.5 Å². The zero-order valence-electron chi connectivity index (χ0n) is 24.2. The first-order valence-corrected chi connectivity index (χ1v) is 15.0. The number of sulfonamides is 1. The number of carbonyl (C=O) groups is 2. The summed E-state index contributed by atoms with van der Waals surface area (Å²) in [7, 11) is -2.81. The number of carbonyl (C=O) groups excluding carboxylic acids is 2. The van der Waals surface area contributed by atoms with E-state index in [2.05, 4.69) is 5.32 Å². The Morgan fingerprint density at radius 3 is 2.22 bits per heavy atom.